The van der Waals surface area contributed by atoms with Gasteiger partial charge in [-0.2, -0.15) is 12.7 Å². The summed E-state index contributed by atoms with van der Waals surface area (Å²) in [6, 6.07) is 3.82. The standard InChI is InChI=1S/C14H21N3O2S/c1-11-9-12-5-8-17(14(12)10-13(11)15)20(18,19)16-6-3-2-4-7-16/h9-10H,2-8,15H2,1H3. The minimum atomic E-state index is -3.39. The second-order valence-corrected chi connectivity index (χ2v) is 7.48. The minimum absolute atomic E-state index is 0.525. The van der Waals surface area contributed by atoms with Crippen LogP contribution in [0.15, 0.2) is 12.1 Å². The Balaban J connectivity index is 1.95. The lowest BCUT2D eigenvalue weighted by atomic mass is 10.1. The first-order chi connectivity index (χ1) is 9.50. The van der Waals surface area contributed by atoms with Gasteiger partial charge >= 0.3 is 10.2 Å². The molecule has 2 aliphatic rings. The first kappa shape index (κ1) is 13.7. The molecule has 1 aromatic rings. The number of rotatable bonds is 2. The molecular weight excluding hydrogens is 274 g/mol. The number of nitrogens with two attached hydrogens (primary N) is 1. The largest absolute Gasteiger partial charge is 0.398 e. The number of piperidine rings is 1. The van der Waals surface area contributed by atoms with Gasteiger partial charge in [-0.1, -0.05) is 12.5 Å². The normalized spacial score (nSPS) is 20.1. The Labute approximate surface area is 120 Å². The van der Waals surface area contributed by atoms with E-state index >= 15 is 0 Å². The van der Waals surface area contributed by atoms with E-state index in [0.717, 1.165) is 42.5 Å². The molecule has 3 rings (SSSR count). The smallest absolute Gasteiger partial charge is 0.304 e. The van der Waals surface area contributed by atoms with E-state index in [0.29, 0.717) is 25.3 Å². The first-order valence-electron chi connectivity index (χ1n) is 7.17. The summed E-state index contributed by atoms with van der Waals surface area (Å²) in [4.78, 5) is 0. The molecule has 0 amide bonds. The fourth-order valence-electron chi connectivity index (χ4n) is 3.02. The van der Waals surface area contributed by atoms with Crippen LogP contribution in [-0.4, -0.2) is 32.4 Å². The van der Waals surface area contributed by atoms with Gasteiger partial charge in [-0.3, -0.25) is 4.31 Å². The van der Waals surface area contributed by atoms with Crippen LogP contribution in [0.25, 0.3) is 0 Å². The van der Waals surface area contributed by atoms with Crippen molar-refractivity contribution < 1.29 is 8.42 Å². The summed E-state index contributed by atoms with van der Waals surface area (Å²) in [6.07, 6.45) is 3.80. The fourth-order valence-corrected chi connectivity index (χ4v) is 4.76. The summed E-state index contributed by atoms with van der Waals surface area (Å²) >= 11 is 0. The Morgan fingerprint density at radius 3 is 2.50 bits per heavy atom. The summed E-state index contributed by atoms with van der Waals surface area (Å²) in [5.74, 6) is 0. The molecule has 1 saturated heterocycles. The number of nitrogens with zero attached hydrogens (tertiary/aromatic N) is 2. The quantitative estimate of drug-likeness (QED) is 0.844. The molecule has 6 heteroatoms. The predicted molar refractivity (Wildman–Crippen MR) is 81.0 cm³/mol. The highest BCUT2D eigenvalue weighted by Gasteiger charge is 2.35. The van der Waals surface area contributed by atoms with Gasteiger partial charge in [0.1, 0.15) is 0 Å². The van der Waals surface area contributed by atoms with E-state index in [1.54, 1.807) is 10.4 Å². The average molecular weight is 295 g/mol. The maximum absolute atomic E-state index is 12.8. The lowest BCUT2D eigenvalue weighted by Gasteiger charge is -2.31. The Morgan fingerprint density at radius 2 is 1.80 bits per heavy atom. The van der Waals surface area contributed by atoms with Crippen LogP contribution in [0.1, 0.15) is 30.4 Å². The number of benzene rings is 1. The topological polar surface area (TPSA) is 66.6 Å². The van der Waals surface area contributed by atoms with Gasteiger partial charge in [0, 0.05) is 25.3 Å². The Morgan fingerprint density at radius 1 is 1.10 bits per heavy atom. The second kappa shape index (κ2) is 4.93. The Kier molecular flexibility index (Phi) is 3.38. The maximum Gasteiger partial charge on any atom is 0.304 e. The van der Waals surface area contributed by atoms with Gasteiger partial charge < -0.3 is 5.73 Å². The number of hydrogen-bond donors (Lipinski definition) is 1. The van der Waals surface area contributed by atoms with E-state index in [1.807, 2.05) is 13.0 Å². The van der Waals surface area contributed by atoms with Crippen LogP contribution in [0.3, 0.4) is 0 Å². The molecule has 2 N–H and O–H groups in total. The lowest BCUT2D eigenvalue weighted by molar-refractivity contribution is 0.345. The molecule has 0 aromatic heterocycles. The third kappa shape index (κ3) is 2.16. The summed E-state index contributed by atoms with van der Waals surface area (Å²) in [7, 11) is -3.39. The van der Waals surface area contributed by atoms with Crippen molar-refractivity contribution in [1.29, 1.82) is 0 Å². The molecule has 20 heavy (non-hydrogen) atoms. The van der Waals surface area contributed by atoms with Crippen molar-refractivity contribution in [3.63, 3.8) is 0 Å². The minimum Gasteiger partial charge on any atom is -0.398 e. The molecule has 5 nitrogen and oxygen atoms in total. The molecule has 2 heterocycles. The first-order valence-corrected chi connectivity index (χ1v) is 8.56. The average Bonchev–Trinajstić information content (AvgIpc) is 2.84. The molecule has 0 radical (unpaired) electrons. The van der Waals surface area contributed by atoms with Crippen molar-refractivity contribution in [2.75, 3.05) is 29.7 Å². The highest BCUT2D eigenvalue weighted by molar-refractivity contribution is 7.90. The SMILES string of the molecule is Cc1cc2c(cc1N)N(S(=O)(=O)N1CCCCC1)CC2. The van der Waals surface area contributed by atoms with Crippen molar-refractivity contribution in [2.45, 2.75) is 32.6 Å². The van der Waals surface area contributed by atoms with Gasteiger partial charge in [0.05, 0.1) is 5.69 Å². The number of fused-ring (bicyclic) bond motifs is 1. The van der Waals surface area contributed by atoms with E-state index in [4.69, 9.17) is 5.73 Å². The van der Waals surface area contributed by atoms with E-state index in [-0.39, 0.29) is 0 Å². The van der Waals surface area contributed by atoms with Crippen molar-refractivity contribution in [3.05, 3.63) is 23.3 Å². The summed E-state index contributed by atoms with van der Waals surface area (Å²) < 4.78 is 28.7. The zero-order chi connectivity index (χ0) is 14.3. The van der Waals surface area contributed by atoms with Gasteiger partial charge in [0.2, 0.25) is 0 Å². The highest BCUT2D eigenvalue weighted by Crippen LogP contribution is 2.35. The Hall–Kier alpha value is -1.27. The molecule has 2 aliphatic heterocycles. The van der Waals surface area contributed by atoms with Crippen LogP contribution in [0.2, 0.25) is 0 Å². The van der Waals surface area contributed by atoms with E-state index < -0.39 is 10.2 Å². The monoisotopic (exact) mass is 295 g/mol. The van der Waals surface area contributed by atoms with Gasteiger partial charge in [0.25, 0.3) is 0 Å². The molecule has 0 spiro atoms. The van der Waals surface area contributed by atoms with Crippen molar-refractivity contribution in [1.82, 2.24) is 4.31 Å². The van der Waals surface area contributed by atoms with Crippen LogP contribution >= 0.6 is 0 Å². The lowest BCUT2D eigenvalue weighted by Crippen LogP contribution is -2.45. The van der Waals surface area contributed by atoms with E-state index in [2.05, 4.69) is 0 Å². The van der Waals surface area contributed by atoms with Crippen LogP contribution in [0.4, 0.5) is 11.4 Å². The van der Waals surface area contributed by atoms with Crippen molar-refractivity contribution in [3.8, 4) is 0 Å². The van der Waals surface area contributed by atoms with Crippen LogP contribution < -0.4 is 10.0 Å². The fraction of sp³-hybridized carbons (Fsp3) is 0.571. The molecule has 0 aliphatic carbocycles. The highest BCUT2D eigenvalue weighted by atomic mass is 32.2. The second-order valence-electron chi connectivity index (χ2n) is 5.63. The van der Waals surface area contributed by atoms with Crippen LogP contribution in [0.5, 0.6) is 0 Å². The molecule has 110 valence electrons. The Bertz CT molecular complexity index is 622. The molecule has 0 unspecified atom stereocenters. The van der Waals surface area contributed by atoms with Crippen LogP contribution in [0, 0.1) is 6.92 Å². The van der Waals surface area contributed by atoms with Crippen LogP contribution in [-0.2, 0) is 16.6 Å². The summed E-state index contributed by atoms with van der Waals surface area (Å²) in [6.45, 7) is 3.75. The zero-order valence-corrected chi connectivity index (χ0v) is 12.6. The van der Waals surface area contributed by atoms with E-state index in [9.17, 15) is 8.42 Å². The number of aryl methyl sites for hydroxylation is 1. The molecule has 0 saturated carbocycles. The number of hydrogen-bond acceptors (Lipinski definition) is 3. The zero-order valence-electron chi connectivity index (χ0n) is 11.8. The third-order valence-corrected chi connectivity index (χ3v) is 6.19. The van der Waals surface area contributed by atoms with Gasteiger partial charge in [-0.05, 0) is 43.4 Å². The molecule has 0 atom stereocenters. The van der Waals surface area contributed by atoms with Gasteiger partial charge in [0.15, 0.2) is 0 Å². The predicted octanol–water partition coefficient (Wildman–Crippen LogP) is 1.67. The molecular formula is C14H21N3O2S. The van der Waals surface area contributed by atoms with Gasteiger partial charge in [-0.15, -0.1) is 0 Å². The molecule has 0 bridgehead atoms. The number of nitrogen functional groups attached to an aromatic ring is 1. The molecule has 1 aromatic carbocycles. The molecule has 1 fully saturated rings. The van der Waals surface area contributed by atoms with Crippen molar-refractivity contribution >= 4 is 21.6 Å². The van der Waals surface area contributed by atoms with Gasteiger partial charge in [-0.25, -0.2) is 0 Å². The van der Waals surface area contributed by atoms with E-state index in [1.165, 1.54) is 4.31 Å². The van der Waals surface area contributed by atoms with Crippen molar-refractivity contribution in [2.24, 2.45) is 0 Å². The summed E-state index contributed by atoms with van der Waals surface area (Å²) in [5.41, 5.74) is 9.46. The summed E-state index contributed by atoms with van der Waals surface area (Å²) in [5, 5.41) is 0. The third-order valence-electron chi connectivity index (χ3n) is 4.24. The number of anilines is 2. The maximum atomic E-state index is 12.8.